The van der Waals surface area contributed by atoms with Crippen LogP contribution in [-0.4, -0.2) is 47.4 Å². The molecule has 130 valence electrons. The van der Waals surface area contributed by atoms with E-state index in [-0.39, 0.29) is 24.1 Å². The molecule has 2 heterocycles. The second kappa shape index (κ2) is 6.90. The molecule has 1 aromatic heterocycles. The van der Waals surface area contributed by atoms with Crippen molar-refractivity contribution in [3.05, 3.63) is 58.4 Å². The third-order valence-electron chi connectivity index (χ3n) is 4.37. The van der Waals surface area contributed by atoms with Gasteiger partial charge in [0.15, 0.2) is 0 Å². The van der Waals surface area contributed by atoms with Gasteiger partial charge in [0.1, 0.15) is 11.6 Å². The highest BCUT2D eigenvalue weighted by molar-refractivity contribution is 5.98. The molecule has 0 aliphatic carbocycles. The van der Waals surface area contributed by atoms with Crippen LogP contribution >= 0.6 is 0 Å². The van der Waals surface area contributed by atoms with Crippen molar-refractivity contribution in [2.75, 3.05) is 13.6 Å². The number of aromatic amines is 1. The first-order chi connectivity index (χ1) is 12.0. The van der Waals surface area contributed by atoms with Gasteiger partial charge in [-0.15, -0.1) is 0 Å². The van der Waals surface area contributed by atoms with Crippen LogP contribution in [0.2, 0.25) is 0 Å². The molecule has 2 amide bonds. The van der Waals surface area contributed by atoms with Crippen LogP contribution < -0.4 is 16.6 Å². The average Bonchev–Trinajstić information content (AvgIpc) is 3.03. The van der Waals surface area contributed by atoms with Gasteiger partial charge < -0.3 is 20.9 Å². The number of hydrogen-bond donors (Lipinski definition) is 3. The summed E-state index contributed by atoms with van der Waals surface area (Å²) in [6.07, 6.45) is 0.380. The molecule has 7 heteroatoms. The van der Waals surface area contributed by atoms with Crippen molar-refractivity contribution in [2.45, 2.75) is 18.5 Å². The van der Waals surface area contributed by atoms with Gasteiger partial charge in [-0.05, 0) is 24.1 Å². The van der Waals surface area contributed by atoms with Gasteiger partial charge in [-0.3, -0.25) is 14.4 Å². The van der Waals surface area contributed by atoms with Gasteiger partial charge >= 0.3 is 0 Å². The Morgan fingerprint density at radius 1 is 1.20 bits per heavy atom. The number of likely N-dealkylation sites (N-methyl/N-ethyl adjacent to an activating group) is 1. The molecule has 1 fully saturated rings. The highest BCUT2D eigenvalue weighted by Crippen LogP contribution is 2.20. The van der Waals surface area contributed by atoms with Crippen molar-refractivity contribution in [2.24, 2.45) is 5.73 Å². The number of carbonyl (C=O) groups is 2. The predicted molar refractivity (Wildman–Crippen MR) is 94.0 cm³/mol. The first kappa shape index (κ1) is 16.9. The fourth-order valence-electron chi connectivity index (χ4n) is 3.09. The van der Waals surface area contributed by atoms with E-state index in [1.165, 1.54) is 18.0 Å². The molecule has 3 rings (SSSR count). The van der Waals surface area contributed by atoms with Crippen molar-refractivity contribution < 1.29 is 9.59 Å². The van der Waals surface area contributed by atoms with Crippen LogP contribution in [0.15, 0.2) is 47.3 Å². The topological polar surface area (TPSA) is 108 Å². The first-order valence-corrected chi connectivity index (χ1v) is 8.08. The van der Waals surface area contributed by atoms with E-state index in [9.17, 15) is 14.4 Å². The van der Waals surface area contributed by atoms with Gasteiger partial charge in [-0.1, -0.05) is 30.3 Å². The average molecular weight is 340 g/mol. The van der Waals surface area contributed by atoms with E-state index >= 15 is 0 Å². The zero-order valence-electron chi connectivity index (χ0n) is 13.9. The monoisotopic (exact) mass is 340 g/mol. The maximum Gasteiger partial charge on any atom is 0.261 e. The van der Waals surface area contributed by atoms with Gasteiger partial charge in [0.05, 0.1) is 0 Å². The fourth-order valence-corrected chi connectivity index (χ4v) is 3.09. The molecule has 1 aliphatic heterocycles. The molecule has 2 atom stereocenters. The molecule has 1 aliphatic rings. The second-order valence-corrected chi connectivity index (χ2v) is 6.06. The van der Waals surface area contributed by atoms with Gasteiger partial charge in [-0.25, -0.2) is 0 Å². The minimum absolute atomic E-state index is 0.00249. The third-order valence-corrected chi connectivity index (χ3v) is 4.37. The summed E-state index contributed by atoms with van der Waals surface area (Å²) >= 11 is 0. The molecule has 1 saturated heterocycles. The Morgan fingerprint density at radius 3 is 2.56 bits per heavy atom. The summed E-state index contributed by atoms with van der Waals surface area (Å²) in [6, 6.07) is 11.6. The van der Waals surface area contributed by atoms with E-state index in [1.807, 2.05) is 30.3 Å². The number of H-pyrrole nitrogens is 1. The molecule has 0 saturated carbocycles. The number of benzene rings is 1. The zero-order chi connectivity index (χ0) is 18.0. The Labute approximate surface area is 144 Å². The number of aromatic nitrogens is 1. The summed E-state index contributed by atoms with van der Waals surface area (Å²) in [7, 11) is 1.51. The number of likely N-dealkylation sites (tertiary alicyclic amines) is 1. The molecule has 7 nitrogen and oxygen atoms in total. The Bertz CT molecular complexity index is 847. The second-order valence-electron chi connectivity index (χ2n) is 6.06. The maximum atomic E-state index is 12.8. The van der Waals surface area contributed by atoms with Crippen LogP contribution in [0.4, 0.5) is 0 Å². The number of nitrogens with one attached hydrogen (secondary N) is 2. The summed E-state index contributed by atoms with van der Waals surface area (Å²) in [5.41, 5.74) is 6.90. The minimum Gasteiger partial charge on any atom is -0.357 e. The quantitative estimate of drug-likeness (QED) is 0.748. The largest absolute Gasteiger partial charge is 0.357 e. The van der Waals surface area contributed by atoms with Crippen LogP contribution in [0.1, 0.15) is 16.8 Å². The number of rotatable bonds is 3. The Balaban J connectivity index is 1.90. The zero-order valence-corrected chi connectivity index (χ0v) is 13.9. The summed E-state index contributed by atoms with van der Waals surface area (Å²) < 4.78 is 0. The Kier molecular flexibility index (Phi) is 4.67. The lowest BCUT2D eigenvalue weighted by Gasteiger charge is -2.22. The molecule has 25 heavy (non-hydrogen) atoms. The molecular formula is C18H20N4O3. The highest BCUT2D eigenvalue weighted by Gasteiger charge is 2.38. The minimum atomic E-state index is -0.652. The molecule has 4 N–H and O–H groups in total. The number of nitrogens with zero attached hydrogens (tertiary/aromatic N) is 1. The molecular weight excluding hydrogens is 320 g/mol. The predicted octanol–water partition coefficient (Wildman–Crippen LogP) is 0.330. The summed E-state index contributed by atoms with van der Waals surface area (Å²) in [6.45, 7) is 0.247. The number of pyridine rings is 1. The highest BCUT2D eigenvalue weighted by atomic mass is 16.2. The van der Waals surface area contributed by atoms with Gasteiger partial charge in [-0.2, -0.15) is 0 Å². The van der Waals surface area contributed by atoms with E-state index in [0.717, 1.165) is 5.56 Å². The number of nitrogens with two attached hydrogens (primary N) is 1. The molecule has 0 spiro atoms. The first-order valence-electron chi connectivity index (χ1n) is 8.08. The summed E-state index contributed by atoms with van der Waals surface area (Å²) in [4.78, 5) is 41.3. The van der Waals surface area contributed by atoms with Crippen LogP contribution in [0, 0.1) is 0 Å². The van der Waals surface area contributed by atoms with E-state index in [4.69, 9.17) is 5.73 Å². The molecule has 1 aromatic carbocycles. The van der Waals surface area contributed by atoms with Crippen molar-refractivity contribution in [3.8, 4) is 11.3 Å². The summed E-state index contributed by atoms with van der Waals surface area (Å²) in [5, 5.41) is 2.53. The molecule has 0 bridgehead atoms. The van der Waals surface area contributed by atoms with Gasteiger partial charge in [0.25, 0.3) is 11.5 Å². The van der Waals surface area contributed by atoms with Crippen LogP contribution in [0.25, 0.3) is 11.3 Å². The van der Waals surface area contributed by atoms with E-state index in [0.29, 0.717) is 12.1 Å². The summed E-state index contributed by atoms with van der Waals surface area (Å²) in [5.74, 6) is -0.763. The van der Waals surface area contributed by atoms with Crippen LogP contribution in [0.3, 0.4) is 0 Å². The van der Waals surface area contributed by atoms with Crippen LogP contribution in [-0.2, 0) is 4.79 Å². The number of hydrogen-bond acceptors (Lipinski definition) is 4. The maximum absolute atomic E-state index is 12.8. The normalized spacial score (nSPS) is 19.7. The van der Waals surface area contributed by atoms with Gasteiger partial charge in [0, 0.05) is 25.3 Å². The van der Waals surface area contributed by atoms with E-state index in [2.05, 4.69) is 10.3 Å². The SMILES string of the molecule is CNC(=O)[C@@H]1C[C@H](N)CN1C(=O)c1ccc(-c2ccccc2)[nH]c1=O. The smallest absolute Gasteiger partial charge is 0.261 e. The van der Waals surface area contributed by atoms with Crippen LogP contribution in [0.5, 0.6) is 0 Å². The lowest BCUT2D eigenvalue weighted by atomic mass is 10.1. The number of amides is 2. The van der Waals surface area contributed by atoms with Gasteiger partial charge in [0.2, 0.25) is 5.91 Å². The van der Waals surface area contributed by atoms with Crippen molar-refractivity contribution in [1.82, 2.24) is 15.2 Å². The molecule has 2 aromatic rings. The molecule has 0 unspecified atom stereocenters. The Hall–Kier alpha value is -2.93. The molecule has 0 radical (unpaired) electrons. The van der Waals surface area contributed by atoms with E-state index < -0.39 is 17.5 Å². The van der Waals surface area contributed by atoms with E-state index in [1.54, 1.807) is 6.07 Å². The lowest BCUT2D eigenvalue weighted by molar-refractivity contribution is -0.124. The van der Waals surface area contributed by atoms with Crippen molar-refractivity contribution >= 4 is 11.8 Å². The Morgan fingerprint density at radius 2 is 1.92 bits per heavy atom. The number of carbonyl (C=O) groups excluding carboxylic acids is 2. The third kappa shape index (κ3) is 3.32. The lowest BCUT2D eigenvalue weighted by Crippen LogP contribution is -2.46. The standard InChI is InChI=1S/C18H20N4O3/c1-20-17(24)15-9-12(19)10-22(15)18(25)13-7-8-14(21-16(13)23)11-5-3-2-4-6-11/h2-8,12,15H,9-10,19H2,1H3,(H,20,24)(H,21,23)/t12-,15-/m0/s1. The van der Waals surface area contributed by atoms with Crippen molar-refractivity contribution in [3.63, 3.8) is 0 Å². The van der Waals surface area contributed by atoms with Crippen molar-refractivity contribution in [1.29, 1.82) is 0 Å². The fraction of sp³-hybridized carbons (Fsp3) is 0.278.